The Bertz CT molecular complexity index is 641. The van der Waals surface area contributed by atoms with Gasteiger partial charge in [-0.2, -0.15) is 0 Å². The molecule has 110 valence electrons. The lowest BCUT2D eigenvalue weighted by Gasteiger charge is -2.17. The minimum absolute atomic E-state index is 0.104. The van der Waals surface area contributed by atoms with E-state index in [4.69, 9.17) is 10.5 Å². The number of nitrogens with two attached hydrogens (primary N) is 1. The van der Waals surface area contributed by atoms with Crippen molar-refractivity contribution in [3.63, 3.8) is 0 Å². The third-order valence-electron chi connectivity index (χ3n) is 3.21. The van der Waals surface area contributed by atoms with Crippen LogP contribution in [-0.4, -0.2) is 13.1 Å². The van der Waals surface area contributed by atoms with Crippen molar-refractivity contribution in [1.29, 1.82) is 0 Å². The molecule has 21 heavy (non-hydrogen) atoms. The molecule has 2 aromatic rings. The SMILES string of the molecule is COC(=O)c1cc(NC(C)c2ccc(Br)cc2)ccc1N. The number of benzene rings is 2. The fourth-order valence-electron chi connectivity index (χ4n) is 2.02. The van der Waals surface area contributed by atoms with Gasteiger partial charge in [0, 0.05) is 21.9 Å². The van der Waals surface area contributed by atoms with E-state index in [0.717, 1.165) is 15.7 Å². The first kappa shape index (κ1) is 15.4. The average molecular weight is 349 g/mol. The van der Waals surface area contributed by atoms with Gasteiger partial charge in [0.15, 0.2) is 0 Å². The standard InChI is InChI=1S/C16H17BrN2O2/c1-10(11-3-5-12(17)6-4-11)19-13-7-8-15(18)14(9-13)16(20)21-2/h3-10,19H,18H2,1-2H3. The van der Waals surface area contributed by atoms with Gasteiger partial charge in [-0.3, -0.25) is 0 Å². The Balaban J connectivity index is 2.19. The summed E-state index contributed by atoms with van der Waals surface area (Å²) >= 11 is 3.42. The van der Waals surface area contributed by atoms with Crippen LogP contribution in [0.4, 0.5) is 11.4 Å². The average Bonchev–Trinajstić information content (AvgIpc) is 2.49. The van der Waals surface area contributed by atoms with Crippen LogP contribution in [0.15, 0.2) is 46.9 Å². The molecule has 3 N–H and O–H groups in total. The van der Waals surface area contributed by atoms with E-state index in [1.54, 1.807) is 12.1 Å². The maximum Gasteiger partial charge on any atom is 0.340 e. The van der Waals surface area contributed by atoms with Crippen molar-refractivity contribution in [2.24, 2.45) is 0 Å². The van der Waals surface area contributed by atoms with E-state index in [2.05, 4.69) is 28.2 Å². The van der Waals surface area contributed by atoms with Crippen molar-refractivity contribution in [1.82, 2.24) is 0 Å². The summed E-state index contributed by atoms with van der Waals surface area (Å²) in [5.74, 6) is -0.438. The zero-order chi connectivity index (χ0) is 15.4. The zero-order valence-electron chi connectivity index (χ0n) is 11.9. The van der Waals surface area contributed by atoms with Crippen molar-refractivity contribution in [3.8, 4) is 0 Å². The number of ether oxygens (including phenoxy) is 1. The van der Waals surface area contributed by atoms with E-state index in [1.807, 2.05) is 30.3 Å². The molecule has 2 rings (SSSR count). The first-order valence-electron chi connectivity index (χ1n) is 6.51. The predicted octanol–water partition coefficient (Wildman–Crippen LogP) is 3.99. The molecule has 0 saturated carbocycles. The lowest BCUT2D eigenvalue weighted by Crippen LogP contribution is -2.09. The molecule has 0 spiro atoms. The van der Waals surface area contributed by atoms with Crippen molar-refractivity contribution in [2.45, 2.75) is 13.0 Å². The minimum Gasteiger partial charge on any atom is -0.465 e. The van der Waals surface area contributed by atoms with E-state index in [9.17, 15) is 4.79 Å². The van der Waals surface area contributed by atoms with E-state index in [1.165, 1.54) is 7.11 Å². The number of rotatable bonds is 4. The van der Waals surface area contributed by atoms with E-state index >= 15 is 0 Å². The Morgan fingerprint density at radius 3 is 2.52 bits per heavy atom. The Morgan fingerprint density at radius 2 is 1.90 bits per heavy atom. The van der Waals surface area contributed by atoms with E-state index < -0.39 is 5.97 Å². The second-order valence-corrected chi connectivity index (χ2v) is 5.63. The summed E-state index contributed by atoms with van der Waals surface area (Å²) in [5.41, 5.74) is 8.53. The second-order valence-electron chi connectivity index (χ2n) is 4.71. The number of carbonyl (C=O) groups is 1. The summed E-state index contributed by atoms with van der Waals surface area (Å²) in [5, 5.41) is 3.35. The fraction of sp³-hybridized carbons (Fsp3) is 0.188. The summed E-state index contributed by atoms with van der Waals surface area (Å²) in [4.78, 5) is 11.6. The normalized spacial score (nSPS) is 11.8. The van der Waals surface area contributed by atoms with Crippen molar-refractivity contribution >= 4 is 33.3 Å². The molecule has 0 radical (unpaired) electrons. The van der Waals surface area contributed by atoms with Gasteiger partial charge >= 0.3 is 5.97 Å². The number of esters is 1. The fourth-order valence-corrected chi connectivity index (χ4v) is 2.28. The number of nitrogen functional groups attached to an aromatic ring is 1. The smallest absolute Gasteiger partial charge is 0.340 e. The van der Waals surface area contributed by atoms with Gasteiger partial charge in [-0.05, 0) is 42.8 Å². The monoisotopic (exact) mass is 348 g/mol. The zero-order valence-corrected chi connectivity index (χ0v) is 13.5. The third kappa shape index (κ3) is 3.76. The van der Waals surface area contributed by atoms with Crippen LogP contribution in [0.3, 0.4) is 0 Å². The van der Waals surface area contributed by atoms with Gasteiger partial charge in [0.2, 0.25) is 0 Å². The Kier molecular flexibility index (Phi) is 4.85. The van der Waals surface area contributed by atoms with E-state index in [0.29, 0.717) is 11.3 Å². The van der Waals surface area contributed by atoms with Gasteiger partial charge in [0.05, 0.1) is 12.7 Å². The number of methoxy groups -OCH3 is 1. The van der Waals surface area contributed by atoms with Crippen LogP contribution in [0.5, 0.6) is 0 Å². The second kappa shape index (κ2) is 6.63. The number of hydrogen-bond donors (Lipinski definition) is 2. The van der Waals surface area contributed by atoms with Crippen molar-refractivity contribution in [3.05, 3.63) is 58.1 Å². The van der Waals surface area contributed by atoms with Crippen LogP contribution < -0.4 is 11.1 Å². The number of halogens is 1. The molecular formula is C16H17BrN2O2. The minimum atomic E-state index is -0.438. The number of carbonyl (C=O) groups excluding carboxylic acids is 1. The molecule has 0 aliphatic rings. The van der Waals surface area contributed by atoms with E-state index in [-0.39, 0.29) is 6.04 Å². The summed E-state index contributed by atoms with van der Waals surface area (Å²) in [7, 11) is 1.34. The largest absolute Gasteiger partial charge is 0.465 e. The molecule has 0 aliphatic carbocycles. The third-order valence-corrected chi connectivity index (χ3v) is 3.74. The van der Waals surface area contributed by atoms with Gasteiger partial charge in [-0.15, -0.1) is 0 Å². The molecule has 0 aliphatic heterocycles. The molecule has 0 saturated heterocycles. The van der Waals surface area contributed by atoms with Gasteiger partial charge in [0.1, 0.15) is 0 Å². The summed E-state index contributed by atoms with van der Waals surface area (Å²) < 4.78 is 5.76. The van der Waals surface area contributed by atoms with Crippen LogP contribution in [0.25, 0.3) is 0 Å². The van der Waals surface area contributed by atoms with Gasteiger partial charge < -0.3 is 15.8 Å². The lowest BCUT2D eigenvalue weighted by atomic mass is 10.1. The molecule has 0 aromatic heterocycles. The highest BCUT2D eigenvalue weighted by Crippen LogP contribution is 2.24. The highest BCUT2D eigenvalue weighted by molar-refractivity contribution is 9.10. The first-order chi connectivity index (χ1) is 10.0. The number of hydrogen-bond acceptors (Lipinski definition) is 4. The molecule has 0 fully saturated rings. The van der Waals surface area contributed by atoms with Crippen LogP contribution in [0.1, 0.15) is 28.9 Å². The Labute approximate surface area is 132 Å². The topological polar surface area (TPSA) is 64.3 Å². The van der Waals surface area contributed by atoms with Crippen LogP contribution in [-0.2, 0) is 4.74 Å². The quantitative estimate of drug-likeness (QED) is 0.647. The maximum absolute atomic E-state index is 11.6. The molecule has 1 unspecified atom stereocenters. The van der Waals surface area contributed by atoms with Crippen LogP contribution in [0, 0.1) is 0 Å². The Hall–Kier alpha value is -2.01. The van der Waals surface area contributed by atoms with Crippen molar-refractivity contribution in [2.75, 3.05) is 18.2 Å². The lowest BCUT2D eigenvalue weighted by molar-refractivity contribution is 0.0602. The number of anilines is 2. The molecule has 0 amide bonds. The molecular weight excluding hydrogens is 332 g/mol. The van der Waals surface area contributed by atoms with Gasteiger partial charge in [-0.25, -0.2) is 4.79 Å². The van der Waals surface area contributed by atoms with Gasteiger partial charge in [-0.1, -0.05) is 28.1 Å². The summed E-state index contributed by atoms with van der Waals surface area (Å²) in [6.45, 7) is 2.05. The summed E-state index contributed by atoms with van der Waals surface area (Å²) in [6.07, 6.45) is 0. The molecule has 0 heterocycles. The first-order valence-corrected chi connectivity index (χ1v) is 7.30. The molecule has 5 heteroatoms. The summed E-state index contributed by atoms with van der Waals surface area (Å²) in [6, 6.07) is 13.4. The maximum atomic E-state index is 11.6. The highest BCUT2D eigenvalue weighted by Gasteiger charge is 2.12. The molecule has 0 bridgehead atoms. The van der Waals surface area contributed by atoms with Crippen LogP contribution >= 0.6 is 15.9 Å². The molecule has 2 aromatic carbocycles. The highest BCUT2D eigenvalue weighted by atomic mass is 79.9. The molecule has 4 nitrogen and oxygen atoms in total. The van der Waals surface area contributed by atoms with Gasteiger partial charge in [0.25, 0.3) is 0 Å². The number of nitrogens with one attached hydrogen (secondary N) is 1. The Morgan fingerprint density at radius 1 is 1.24 bits per heavy atom. The van der Waals surface area contributed by atoms with Crippen LogP contribution in [0.2, 0.25) is 0 Å². The predicted molar refractivity (Wildman–Crippen MR) is 88.4 cm³/mol. The van der Waals surface area contributed by atoms with Crippen molar-refractivity contribution < 1.29 is 9.53 Å². The molecule has 1 atom stereocenters.